The number of aliphatic carboxylic acids is 1. The molecule has 114 valence electrons. The molecule has 1 saturated heterocycles. The van der Waals surface area contributed by atoms with Crippen LogP contribution in [-0.4, -0.2) is 42.1 Å². The van der Waals surface area contributed by atoms with Crippen molar-refractivity contribution in [3.63, 3.8) is 0 Å². The summed E-state index contributed by atoms with van der Waals surface area (Å²) in [5.74, 6) is -1.76. The van der Waals surface area contributed by atoms with Crippen molar-refractivity contribution < 1.29 is 23.1 Å². The van der Waals surface area contributed by atoms with E-state index in [0.717, 1.165) is 9.37 Å². The molecule has 7 nitrogen and oxygen atoms in total. The maximum absolute atomic E-state index is 12.0. The van der Waals surface area contributed by atoms with Crippen LogP contribution < -0.4 is 5.14 Å². The smallest absolute Gasteiger partial charge is 0.331 e. The molecule has 1 aromatic rings. The van der Waals surface area contributed by atoms with Gasteiger partial charge in [-0.2, -0.15) is 0 Å². The number of nitrogens with zero attached hydrogens (tertiary/aromatic N) is 1. The lowest BCUT2D eigenvalue weighted by Gasteiger charge is -2.24. The summed E-state index contributed by atoms with van der Waals surface area (Å²) in [5, 5.41) is 13.3. The van der Waals surface area contributed by atoms with Crippen molar-refractivity contribution in [1.29, 1.82) is 0 Å². The number of hydrogen-bond donors (Lipinski definition) is 2. The highest BCUT2D eigenvalue weighted by molar-refractivity contribution is 9.10. The number of nitrogens with two attached hydrogens (primary N) is 1. The Morgan fingerprint density at radius 3 is 2.38 bits per heavy atom. The predicted molar refractivity (Wildman–Crippen MR) is 77.7 cm³/mol. The second-order valence-corrected chi connectivity index (χ2v) is 7.51. The average molecular weight is 377 g/mol. The van der Waals surface area contributed by atoms with Crippen LogP contribution in [0, 0.1) is 0 Å². The van der Waals surface area contributed by atoms with Crippen molar-refractivity contribution >= 4 is 37.8 Å². The van der Waals surface area contributed by atoms with Crippen LogP contribution in [0.2, 0.25) is 0 Å². The van der Waals surface area contributed by atoms with E-state index in [0.29, 0.717) is 5.56 Å². The second kappa shape index (κ2) is 5.74. The first kappa shape index (κ1) is 15.9. The molecule has 21 heavy (non-hydrogen) atoms. The number of sulfonamides is 1. The molecule has 2 unspecified atom stereocenters. The van der Waals surface area contributed by atoms with Crippen LogP contribution in [0.15, 0.2) is 28.7 Å². The largest absolute Gasteiger partial charge is 0.479 e. The Kier molecular flexibility index (Phi) is 4.35. The summed E-state index contributed by atoms with van der Waals surface area (Å²) in [6.45, 7) is -0.218. The quantitative estimate of drug-likeness (QED) is 0.791. The van der Waals surface area contributed by atoms with Gasteiger partial charge in [-0.15, -0.1) is 0 Å². The Morgan fingerprint density at radius 1 is 1.38 bits per heavy atom. The molecule has 0 aliphatic carbocycles. The summed E-state index contributed by atoms with van der Waals surface area (Å²) in [7, 11) is -3.88. The summed E-state index contributed by atoms with van der Waals surface area (Å²) >= 11 is 3.24. The molecular formula is C12H13BrN2O5S. The van der Waals surface area contributed by atoms with Crippen molar-refractivity contribution in [3.8, 4) is 0 Å². The highest BCUT2D eigenvalue weighted by atomic mass is 79.9. The number of carboxylic acid groups (broad SMARTS) is 1. The Balaban J connectivity index is 2.34. The van der Waals surface area contributed by atoms with Gasteiger partial charge in [-0.25, -0.2) is 18.4 Å². The van der Waals surface area contributed by atoms with E-state index in [4.69, 9.17) is 5.14 Å². The number of benzene rings is 1. The molecule has 1 aliphatic heterocycles. The Morgan fingerprint density at radius 2 is 1.95 bits per heavy atom. The van der Waals surface area contributed by atoms with Crippen molar-refractivity contribution in [3.05, 3.63) is 34.3 Å². The predicted octanol–water partition coefficient (Wildman–Crippen LogP) is 0.464. The van der Waals surface area contributed by atoms with E-state index in [9.17, 15) is 23.1 Å². The zero-order valence-electron chi connectivity index (χ0n) is 10.8. The molecule has 0 saturated carbocycles. The van der Waals surface area contributed by atoms with Crippen LogP contribution in [0.3, 0.4) is 0 Å². The van der Waals surface area contributed by atoms with E-state index in [1.165, 1.54) is 0 Å². The average Bonchev–Trinajstić information content (AvgIpc) is 2.74. The molecule has 0 spiro atoms. The number of amides is 1. The Labute approximate surface area is 129 Å². The molecule has 0 bridgehead atoms. The Bertz CT molecular complexity index is 673. The molecule has 1 fully saturated rings. The van der Waals surface area contributed by atoms with Crippen LogP contribution in [-0.2, 0) is 19.6 Å². The number of rotatable bonds is 4. The van der Waals surface area contributed by atoms with E-state index in [2.05, 4.69) is 15.9 Å². The molecule has 1 amide bonds. The van der Waals surface area contributed by atoms with Crippen molar-refractivity contribution in [2.24, 2.45) is 5.14 Å². The number of carbonyl (C=O) groups excluding carboxylic acids is 1. The SMILES string of the molecule is NS(=O)(=O)C1CC(=O)N(C(C(=O)O)c2ccc(Br)cc2)C1. The van der Waals surface area contributed by atoms with Gasteiger partial charge >= 0.3 is 5.97 Å². The molecule has 3 N–H and O–H groups in total. The van der Waals surface area contributed by atoms with E-state index in [-0.39, 0.29) is 13.0 Å². The zero-order chi connectivity index (χ0) is 15.8. The van der Waals surface area contributed by atoms with Gasteiger partial charge in [-0.05, 0) is 17.7 Å². The molecule has 1 heterocycles. The lowest BCUT2D eigenvalue weighted by molar-refractivity contribution is -0.148. The standard InChI is InChI=1S/C12H13BrN2O5S/c13-8-3-1-7(2-4-8)11(12(17)18)15-6-9(5-10(15)16)21(14,19)20/h1-4,9,11H,5-6H2,(H,17,18)(H2,14,19,20). The molecule has 9 heteroatoms. The van der Waals surface area contributed by atoms with Gasteiger partial charge < -0.3 is 10.0 Å². The lowest BCUT2D eigenvalue weighted by Crippen LogP contribution is -2.37. The lowest BCUT2D eigenvalue weighted by atomic mass is 10.1. The van der Waals surface area contributed by atoms with Gasteiger partial charge in [0.2, 0.25) is 15.9 Å². The van der Waals surface area contributed by atoms with Gasteiger partial charge in [0.15, 0.2) is 6.04 Å². The van der Waals surface area contributed by atoms with Crippen molar-refractivity contribution in [2.75, 3.05) is 6.54 Å². The fourth-order valence-electron chi connectivity index (χ4n) is 2.27. The van der Waals surface area contributed by atoms with E-state index >= 15 is 0 Å². The molecule has 2 rings (SSSR count). The molecule has 2 atom stereocenters. The van der Waals surface area contributed by atoms with Crippen LogP contribution in [0.25, 0.3) is 0 Å². The number of likely N-dealkylation sites (tertiary alicyclic amines) is 1. The summed E-state index contributed by atoms with van der Waals surface area (Å²) in [6, 6.07) is 5.23. The number of hydrogen-bond acceptors (Lipinski definition) is 4. The van der Waals surface area contributed by atoms with E-state index < -0.39 is 33.2 Å². The first-order chi connectivity index (χ1) is 9.70. The third-order valence-electron chi connectivity index (χ3n) is 3.32. The summed E-state index contributed by atoms with van der Waals surface area (Å²) in [6.07, 6.45) is -0.293. The van der Waals surface area contributed by atoms with Gasteiger partial charge in [-0.3, -0.25) is 4.79 Å². The zero-order valence-corrected chi connectivity index (χ0v) is 13.2. The van der Waals surface area contributed by atoms with Crippen LogP contribution >= 0.6 is 15.9 Å². The third kappa shape index (κ3) is 3.42. The Hall–Kier alpha value is -1.45. The summed E-state index contributed by atoms with van der Waals surface area (Å²) in [5.41, 5.74) is 0.397. The molecule has 0 radical (unpaired) electrons. The number of carboxylic acids is 1. The maximum Gasteiger partial charge on any atom is 0.331 e. The summed E-state index contributed by atoms with van der Waals surface area (Å²) in [4.78, 5) is 24.5. The highest BCUT2D eigenvalue weighted by Gasteiger charge is 2.42. The van der Waals surface area contributed by atoms with Crippen molar-refractivity contribution in [2.45, 2.75) is 17.7 Å². The second-order valence-electron chi connectivity index (χ2n) is 4.75. The normalized spacial score (nSPS) is 20.6. The minimum Gasteiger partial charge on any atom is -0.479 e. The van der Waals surface area contributed by atoms with E-state index in [1.54, 1.807) is 24.3 Å². The topological polar surface area (TPSA) is 118 Å². The number of primary sulfonamides is 1. The molecular weight excluding hydrogens is 364 g/mol. The van der Waals surface area contributed by atoms with Crippen LogP contribution in [0.4, 0.5) is 0 Å². The van der Waals surface area contributed by atoms with Gasteiger partial charge in [0.05, 0.1) is 0 Å². The van der Waals surface area contributed by atoms with Crippen molar-refractivity contribution in [1.82, 2.24) is 4.90 Å². The van der Waals surface area contributed by atoms with Gasteiger partial charge in [0.1, 0.15) is 5.25 Å². The van der Waals surface area contributed by atoms with Gasteiger partial charge in [-0.1, -0.05) is 28.1 Å². The minimum atomic E-state index is -3.88. The van der Waals surface area contributed by atoms with Gasteiger partial charge in [0.25, 0.3) is 0 Å². The molecule has 1 aliphatic rings. The molecule has 0 aromatic heterocycles. The maximum atomic E-state index is 12.0. The van der Waals surface area contributed by atoms with Crippen LogP contribution in [0.1, 0.15) is 18.0 Å². The van der Waals surface area contributed by atoms with Gasteiger partial charge in [0, 0.05) is 17.4 Å². The fourth-order valence-corrected chi connectivity index (χ4v) is 3.28. The van der Waals surface area contributed by atoms with E-state index in [1.807, 2.05) is 0 Å². The van der Waals surface area contributed by atoms with Crippen LogP contribution in [0.5, 0.6) is 0 Å². The summed E-state index contributed by atoms with van der Waals surface area (Å²) < 4.78 is 23.5. The molecule has 1 aromatic carbocycles. The first-order valence-corrected chi connectivity index (χ1v) is 8.39. The number of halogens is 1. The minimum absolute atomic E-state index is 0.218. The number of carbonyl (C=O) groups is 2. The first-order valence-electron chi connectivity index (χ1n) is 5.99. The highest BCUT2D eigenvalue weighted by Crippen LogP contribution is 2.29. The third-order valence-corrected chi connectivity index (χ3v) is 5.09. The monoisotopic (exact) mass is 376 g/mol. The fraction of sp³-hybridized carbons (Fsp3) is 0.333.